The second-order valence-corrected chi connectivity index (χ2v) is 5.93. The van der Waals surface area contributed by atoms with Crippen molar-refractivity contribution in [3.8, 4) is 11.3 Å². The average molecular weight is 300 g/mol. The molecule has 106 valence electrons. The second-order valence-electron chi connectivity index (χ2n) is 5.52. The molecule has 0 aliphatic carbocycles. The topological polar surface area (TPSA) is 12.9 Å². The minimum absolute atomic E-state index is 0.208. The lowest BCUT2D eigenvalue weighted by atomic mass is 9.91. The van der Waals surface area contributed by atoms with E-state index in [4.69, 9.17) is 11.6 Å². The molecule has 0 aliphatic rings. The van der Waals surface area contributed by atoms with Gasteiger partial charge in [-0.1, -0.05) is 32.4 Å². The van der Waals surface area contributed by atoms with Gasteiger partial charge < -0.3 is 0 Å². The highest BCUT2D eigenvalue weighted by atomic mass is 35.5. The predicted molar refractivity (Wildman–Crippen MR) is 73.3 cm³/mol. The molecule has 2 aromatic rings. The van der Waals surface area contributed by atoms with Crippen LogP contribution >= 0.6 is 11.6 Å². The summed E-state index contributed by atoms with van der Waals surface area (Å²) in [5, 5.41) is -0.208. The summed E-state index contributed by atoms with van der Waals surface area (Å²) in [5.74, 6) is -2.46. The number of hydrogen-bond donors (Lipinski definition) is 0. The number of halogens is 4. The van der Waals surface area contributed by atoms with Gasteiger partial charge in [-0.25, -0.2) is 18.2 Å². The lowest BCUT2D eigenvalue weighted by Gasteiger charge is -2.19. The van der Waals surface area contributed by atoms with E-state index in [1.807, 2.05) is 20.8 Å². The fourth-order valence-electron chi connectivity index (χ4n) is 1.80. The van der Waals surface area contributed by atoms with E-state index < -0.39 is 17.5 Å². The van der Waals surface area contributed by atoms with E-state index in [2.05, 4.69) is 4.98 Å². The molecule has 20 heavy (non-hydrogen) atoms. The molecular weight excluding hydrogens is 287 g/mol. The minimum atomic E-state index is -0.938. The van der Waals surface area contributed by atoms with Gasteiger partial charge in [0, 0.05) is 17.2 Å². The van der Waals surface area contributed by atoms with Crippen LogP contribution in [0, 0.1) is 17.5 Å². The molecule has 0 amide bonds. The number of aromatic nitrogens is 1. The molecule has 1 aromatic carbocycles. The van der Waals surface area contributed by atoms with Crippen molar-refractivity contribution in [3.05, 3.63) is 52.4 Å². The van der Waals surface area contributed by atoms with Crippen molar-refractivity contribution in [2.24, 2.45) is 0 Å². The van der Waals surface area contributed by atoms with Gasteiger partial charge in [0.1, 0.15) is 23.1 Å². The third-order valence-corrected chi connectivity index (χ3v) is 3.16. The first-order valence-corrected chi connectivity index (χ1v) is 6.40. The molecule has 0 aliphatic heterocycles. The van der Waals surface area contributed by atoms with Crippen molar-refractivity contribution < 1.29 is 13.2 Å². The molecule has 0 fully saturated rings. The molecule has 0 N–H and O–H groups in total. The summed E-state index contributed by atoms with van der Waals surface area (Å²) in [7, 11) is 0. The second kappa shape index (κ2) is 5.09. The number of rotatable bonds is 1. The smallest absolute Gasteiger partial charge is 0.149 e. The SMILES string of the molecule is CC(C)(C)c1ccc(F)c(-c2c(F)cc(F)cc2Cl)n1. The maximum Gasteiger partial charge on any atom is 0.149 e. The molecule has 0 radical (unpaired) electrons. The lowest BCUT2D eigenvalue weighted by molar-refractivity contribution is 0.556. The van der Waals surface area contributed by atoms with Crippen LogP contribution in [0.4, 0.5) is 13.2 Å². The van der Waals surface area contributed by atoms with Gasteiger partial charge in [-0.05, 0) is 18.2 Å². The summed E-state index contributed by atoms with van der Waals surface area (Å²) in [6.45, 7) is 5.71. The zero-order chi connectivity index (χ0) is 15.1. The van der Waals surface area contributed by atoms with E-state index >= 15 is 0 Å². The first-order chi connectivity index (χ1) is 9.20. The maximum atomic E-state index is 13.9. The monoisotopic (exact) mass is 299 g/mol. The Balaban J connectivity index is 2.70. The van der Waals surface area contributed by atoms with Crippen molar-refractivity contribution in [1.29, 1.82) is 0 Å². The lowest BCUT2D eigenvalue weighted by Crippen LogP contribution is -2.14. The third-order valence-electron chi connectivity index (χ3n) is 2.86. The van der Waals surface area contributed by atoms with Crippen LogP contribution in [-0.4, -0.2) is 4.98 Å². The largest absolute Gasteiger partial charge is 0.249 e. The standard InChI is InChI=1S/C15H13ClF3N/c1-15(2,3)12-5-4-10(18)14(20-12)13-9(16)6-8(17)7-11(13)19/h4-7H,1-3H3. The molecule has 0 atom stereocenters. The van der Waals surface area contributed by atoms with Crippen molar-refractivity contribution >= 4 is 11.6 Å². The van der Waals surface area contributed by atoms with Crippen LogP contribution in [0.15, 0.2) is 24.3 Å². The highest BCUT2D eigenvalue weighted by Crippen LogP contribution is 2.33. The maximum absolute atomic E-state index is 13.9. The molecule has 0 spiro atoms. The molecule has 1 nitrogen and oxygen atoms in total. The van der Waals surface area contributed by atoms with Crippen LogP contribution in [-0.2, 0) is 5.41 Å². The Hall–Kier alpha value is -1.55. The van der Waals surface area contributed by atoms with E-state index in [0.29, 0.717) is 11.8 Å². The van der Waals surface area contributed by atoms with Crippen LogP contribution < -0.4 is 0 Å². The zero-order valence-corrected chi connectivity index (χ0v) is 12.0. The van der Waals surface area contributed by atoms with Gasteiger partial charge in [0.05, 0.1) is 10.6 Å². The van der Waals surface area contributed by atoms with Crippen LogP contribution in [0.1, 0.15) is 26.5 Å². The Labute approximate surface area is 120 Å². The molecule has 0 bridgehead atoms. The van der Waals surface area contributed by atoms with Crippen LogP contribution in [0.25, 0.3) is 11.3 Å². The number of pyridine rings is 1. The Kier molecular flexibility index (Phi) is 3.78. The Morgan fingerprint density at radius 1 is 1.00 bits per heavy atom. The Morgan fingerprint density at radius 3 is 2.20 bits per heavy atom. The number of hydrogen-bond acceptors (Lipinski definition) is 1. The summed E-state index contributed by atoms with van der Waals surface area (Å²) >= 11 is 5.82. The first-order valence-electron chi connectivity index (χ1n) is 6.02. The van der Waals surface area contributed by atoms with Crippen molar-refractivity contribution in [3.63, 3.8) is 0 Å². The normalized spacial score (nSPS) is 11.8. The van der Waals surface area contributed by atoms with Gasteiger partial charge in [-0.2, -0.15) is 0 Å². The van der Waals surface area contributed by atoms with Crippen LogP contribution in [0.3, 0.4) is 0 Å². The fraction of sp³-hybridized carbons (Fsp3) is 0.267. The van der Waals surface area contributed by atoms with E-state index in [9.17, 15) is 13.2 Å². The van der Waals surface area contributed by atoms with Crippen LogP contribution in [0.2, 0.25) is 5.02 Å². The van der Waals surface area contributed by atoms with E-state index in [0.717, 1.165) is 6.07 Å². The highest BCUT2D eigenvalue weighted by molar-refractivity contribution is 6.33. The molecule has 1 heterocycles. The van der Waals surface area contributed by atoms with Gasteiger partial charge in [-0.3, -0.25) is 0 Å². The van der Waals surface area contributed by atoms with Crippen molar-refractivity contribution in [1.82, 2.24) is 4.98 Å². The molecule has 0 saturated heterocycles. The number of nitrogens with zero attached hydrogens (tertiary/aromatic N) is 1. The van der Waals surface area contributed by atoms with Gasteiger partial charge in [0.15, 0.2) is 0 Å². The highest BCUT2D eigenvalue weighted by Gasteiger charge is 2.21. The summed E-state index contributed by atoms with van der Waals surface area (Å²) in [6.07, 6.45) is 0. The van der Waals surface area contributed by atoms with E-state index in [1.165, 1.54) is 12.1 Å². The summed E-state index contributed by atoms with van der Waals surface area (Å²) in [6, 6.07) is 4.34. The van der Waals surface area contributed by atoms with Gasteiger partial charge in [0.25, 0.3) is 0 Å². The Bertz CT molecular complexity index is 640. The van der Waals surface area contributed by atoms with Gasteiger partial charge in [-0.15, -0.1) is 0 Å². The Morgan fingerprint density at radius 2 is 1.65 bits per heavy atom. The summed E-state index contributed by atoms with van der Waals surface area (Å²) < 4.78 is 40.9. The molecule has 5 heteroatoms. The van der Waals surface area contributed by atoms with Crippen molar-refractivity contribution in [2.45, 2.75) is 26.2 Å². The first kappa shape index (κ1) is 14.9. The molecular formula is C15H13ClF3N. The average Bonchev–Trinajstić information content (AvgIpc) is 2.28. The van der Waals surface area contributed by atoms with Gasteiger partial charge >= 0.3 is 0 Å². The van der Waals surface area contributed by atoms with Crippen LogP contribution in [0.5, 0.6) is 0 Å². The third kappa shape index (κ3) is 2.80. The quantitative estimate of drug-likeness (QED) is 0.712. The molecule has 2 rings (SSSR count). The van der Waals surface area contributed by atoms with E-state index in [-0.39, 0.29) is 21.7 Å². The van der Waals surface area contributed by atoms with Crippen molar-refractivity contribution in [2.75, 3.05) is 0 Å². The predicted octanol–water partition coefficient (Wildman–Crippen LogP) is 5.12. The molecule has 0 unspecified atom stereocenters. The molecule has 1 aromatic heterocycles. The van der Waals surface area contributed by atoms with Gasteiger partial charge in [0.2, 0.25) is 0 Å². The minimum Gasteiger partial charge on any atom is -0.249 e. The summed E-state index contributed by atoms with van der Waals surface area (Å²) in [4.78, 5) is 4.14. The fourth-order valence-corrected chi connectivity index (χ4v) is 2.09. The summed E-state index contributed by atoms with van der Waals surface area (Å²) in [5.41, 5.74) is -0.170. The molecule has 0 saturated carbocycles. The number of benzene rings is 1. The zero-order valence-electron chi connectivity index (χ0n) is 11.3. The van der Waals surface area contributed by atoms with E-state index in [1.54, 1.807) is 0 Å².